The third-order valence-electron chi connectivity index (χ3n) is 2.51. The molecule has 1 aromatic heterocycles. The number of aliphatic hydroxyl groups excluding tert-OH is 1. The first-order valence-electron chi connectivity index (χ1n) is 5.51. The predicted molar refractivity (Wildman–Crippen MR) is 69.6 cm³/mol. The lowest BCUT2D eigenvalue weighted by molar-refractivity contribution is 0.148. The zero-order valence-corrected chi connectivity index (χ0v) is 11.8. The molecule has 0 amide bonds. The highest BCUT2D eigenvalue weighted by Gasteiger charge is 2.17. The van der Waals surface area contributed by atoms with E-state index in [4.69, 9.17) is 5.11 Å². The van der Waals surface area contributed by atoms with Crippen LogP contribution >= 0.6 is 11.3 Å². The van der Waals surface area contributed by atoms with Gasteiger partial charge in [0.15, 0.2) is 0 Å². The van der Waals surface area contributed by atoms with Gasteiger partial charge in [-0.1, -0.05) is 19.9 Å². The van der Waals surface area contributed by atoms with Gasteiger partial charge in [0.25, 0.3) is 0 Å². The van der Waals surface area contributed by atoms with Crippen LogP contribution in [-0.2, 0) is 10.0 Å². The van der Waals surface area contributed by atoms with Gasteiger partial charge in [-0.3, -0.25) is 0 Å². The minimum Gasteiger partial charge on any atom is -0.396 e. The van der Waals surface area contributed by atoms with E-state index in [1.54, 1.807) is 17.5 Å². The van der Waals surface area contributed by atoms with Gasteiger partial charge in [0.2, 0.25) is 10.0 Å². The standard InChI is InChI=1S/C11H19NO3S2/c1-11(2,9-13)6-4-7-12-17(14,15)10-5-3-8-16-10/h3,5,8,12-13H,4,6-7,9H2,1-2H3. The normalized spacial score (nSPS) is 12.9. The summed E-state index contributed by atoms with van der Waals surface area (Å²) in [5.41, 5.74) is -0.144. The Labute approximate surface area is 107 Å². The van der Waals surface area contributed by atoms with E-state index in [1.165, 1.54) is 11.3 Å². The molecule has 1 aromatic rings. The Balaban J connectivity index is 2.37. The molecule has 0 unspecified atom stereocenters. The molecule has 0 spiro atoms. The van der Waals surface area contributed by atoms with Crippen LogP contribution < -0.4 is 4.72 Å². The lowest BCUT2D eigenvalue weighted by atomic mass is 9.89. The second kappa shape index (κ2) is 5.95. The number of sulfonamides is 1. The van der Waals surface area contributed by atoms with Gasteiger partial charge in [0.1, 0.15) is 4.21 Å². The molecule has 4 nitrogen and oxygen atoms in total. The minimum atomic E-state index is -3.34. The van der Waals surface area contributed by atoms with Gasteiger partial charge < -0.3 is 5.11 Å². The molecule has 0 atom stereocenters. The van der Waals surface area contributed by atoms with Crippen LogP contribution in [0.5, 0.6) is 0 Å². The molecule has 98 valence electrons. The van der Waals surface area contributed by atoms with Gasteiger partial charge in [-0.2, -0.15) is 0 Å². The molecule has 1 heterocycles. The number of nitrogens with one attached hydrogen (secondary N) is 1. The Morgan fingerprint density at radius 2 is 2.18 bits per heavy atom. The van der Waals surface area contributed by atoms with Gasteiger partial charge in [0.05, 0.1) is 0 Å². The van der Waals surface area contributed by atoms with Crippen LogP contribution in [0, 0.1) is 5.41 Å². The first kappa shape index (κ1) is 14.6. The molecular formula is C11H19NO3S2. The second-order valence-corrected chi connectivity index (χ2v) is 7.70. The molecule has 0 aliphatic carbocycles. The highest BCUT2D eigenvalue weighted by Crippen LogP contribution is 2.21. The number of aliphatic hydroxyl groups is 1. The molecule has 0 aliphatic heterocycles. The van der Waals surface area contributed by atoms with Crippen molar-refractivity contribution in [2.75, 3.05) is 13.2 Å². The molecule has 0 saturated heterocycles. The second-order valence-electron chi connectivity index (χ2n) is 4.76. The van der Waals surface area contributed by atoms with Crippen LogP contribution in [0.15, 0.2) is 21.7 Å². The molecule has 1 rings (SSSR count). The van der Waals surface area contributed by atoms with Crippen LogP contribution in [0.4, 0.5) is 0 Å². The number of rotatable bonds is 7. The number of hydrogen-bond acceptors (Lipinski definition) is 4. The van der Waals surface area contributed by atoms with E-state index >= 15 is 0 Å². The fourth-order valence-corrected chi connectivity index (χ4v) is 3.45. The number of hydrogen-bond donors (Lipinski definition) is 2. The zero-order valence-electron chi connectivity index (χ0n) is 10.1. The Morgan fingerprint density at radius 1 is 1.47 bits per heavy atom. The predicted octanol–water partition coefficient (Wildman–Crippen LogP) is 1.83. The Hall–Kier alpha value is -0.430. The summed E-state index contributed by atoms with van der Waals surface area (Å²) >= 11 is 1.21. The molecule has 0 aromatic carbocycles. The molecule has 0 aliphatic rings. The quantitative estimate of drug-likeness (QED) is 0.747. The molecule has 0 saturated carbocycles. The lowest BCUT2D eigenvalue weighted by Crippen LogP contribution is -2.26. The topological polar surface area (TPSA) is 66.4 Å². The highest BCUT2D eigenvalue weighted by atomic mass is 32.2. The summed E-state index contributed by atoms with van der Waals surface area (Å²) in [6, 6.07) is 3.30. The summed E-state index contributed by atoms with van der Waals surface area (Å²) in [6.07, 6.45) is 1.51. The van der Waals surface area contributed by atoms with E-state index in [0.717, 1.165) is 12.8 Å². The van der Waals surface area contributed by atoms with Crippen molar-refractivity contribution >= 4 is 21.4 Å². The molecule has 17 heavy (non-hydrogen) atoms. The fourth-order valence-electron chi connectivity index (χ4n) is 1.34. The summed E-state index contributed by atoms with van der Waals surface area (Å²) in [6.45, 7) is 4.44. The van der Waals surface area contributed by atoms with Crippen molar-refractivity contribution in [3.05, 3.63) is 17.5 Å². The fraction of sp³-hybridized carbons (Fsp3) is 0.636. The van der Waals surface area contributed by atoms with Crippen LogP contribution in [0.1, 0.15) is 26.7 Å². The third kappa shape index (κ3) is 4.75. The van der Waals surface area contributed by atoms with Crippen molar-refractivity contribution in [2.45, 2.75) is 30.9 Å². The van der Waals surface area contributed by atoms with Crippen molar-refractivity contribution in [1.82, 2.24) is 4.72 Å². The van der Waals surface area contributed by atoms with Crippen LogP contribution in [0.25, 0.3) is 0 Å². The van der Waals surface area contributed by atoms with Gasteiger partial charge in [-0.15, -0.1) is 11.3 Å². The summed E-state index contributed by atoms with van der Waals surface area (Å²) in [5.74, 6) is 0. The average molecular weight is 277 g/mol. The molecule has 0 radical (unpaired) electrons. The maximum absolute atomic E-state index is 11.7. The van der Waals surface area contributed by atoms with E-state index in [-0.39, 0.29) is 12.0 Å². The minimum absolute atomic E-state index is 0.116. The SMILES string of the molecule is CC(C)(CO)CCCNS(=O)(=O)c1cccs1. The maximum Gasteiger partial charge on any atom is 0.250 e. The van der Waals surface area contributed by atoms with E-state index in [9.17, 15) is 8.42 Å². The van der Waals surface area contributed by atoms with Crippen molar-refractivity contribution in [3.8, 4) is 0 Å². The van der Waals surface area contributed by atoms with E-state index < -0.39 is 10.0 Å². The van der Waals surface area contributed by atoms with Crippen molar-refractivity contribution in [2.24, 2.45) is 5.41 Å². The van der Waals surface area contributed by atoms with Gasteiger partial charge in [-0.25, -0.2) is 13.1 Å². The zero-order chi connectivity index (χ0) is 12.9. The van der Waals surface area contributed by atoms with E-state index in [2.05, 4.69) is 4.72 Å². The Bertz CT molecular complexity index is 424. The van der Waals surface area contributed by atoms with Gasteiger partial charge in [-0.05, 0) is 29.7 Å². The van der Waals surface area contributed by atoms with Crippen LogP contribution in [0.3, 0.4) is 0 Å². The Morgan fingerprint density at radius 3 is 2.71 bits per heavy atom. The van der Waals surface area contributed by atoms with Crippen molar-refractivity contribution < 1.29 is 13.5 Å². The van der Waals surface area contributed by atoms with Crippen molar-refractivity contribution in [1.29, 1.82) is 0 Å². The van der Waals surface area contributed by atoms with E-state index in [1.807, 2.05) is 13.8 Å². The molecule has 2 N–H and O–H groups in total. The first-order valence-corrected chi connectivity index (χ1v) is 7.88. The number of thiophene rings is 1. The van der Waals surface area contributed by atoms with Crippen LogP contribution in [-0.4, -0.2) is 26.7 Å². The third-order valence-corrected chi connectivity index (χ3v) is 5.37. The summed E-state index contributed by atoms with van der Waals surface area (Å²) in [4.78, 5) is 0. The first-order chi connectivity index (χ1) is 7.87. The average Bonchev–Trinajstić information content (AvgIpc) is 2.78. The molecule has 0 bridgehead atoms. The smallest absolute Gasteiger partial charge is 0.250 e. The van der Waals surface area contributed by atoms with Crippen LogP contribution in [0.2, 0.25) is 0 Å². The largest absolute Gasteiger partial charge is 0.396 e. The van der Waals surface area contributed by atoms with Gasteiger partial charge >= 0.3 is 0 Å². The molecule has 6 heteroatoms. The lowest BCUT2D eigenvalue weighted by Gasteiger charge is -2.21. The highest BCUT2D eigenvalue weighted by molar-refractivity contribution is 7.91. The monoisotopic (exact) mass is 277 g/mol. The molecule has 0 fully saturated rings. The Kier molecular flexibility index (Phi) is 5.12. The summed E-state index contributed by atoms with van der Waals surface area (Å²) in [7, 11) is -3.34. The van der Waals surface area contributed by atoms with E-state index in [0.29, 0.717) is 10.8 Å². The van der Waals surface area contributed by atoms with Gasteiger partial charge in [0, 0.05) is 13.2 Å². The summed E-state index contributed by atoms with van der Waals surface area (Å²) in [5, 5.41) is 10.8. The molecular weight excluding hydrogens is 258 g/mol. The van der Waals surface area contributed by atoms with Crippen molar-refractivity contribution in [3.63, 3.8) is 0 Å². The maximum atomic E-state index is 11.7. The summed E-state index contributed by atoms with van der Waals surface area (Å²) < 4.78 is 26.4.